The van der Waals surface area contributed by atoms with Crippen LogP contribution < -0.4 is 11.1 Å². The maximum Gasteiger partial charge on any atom is 0.181 e. The summed E-state index contributed by atoms with van der Waals surface area (Å²) >= 11 is 0. The van der Waals surface area contributed by atoms with E-state index in [0.717, 1.165) is 17.7 Å². The number of carbonyl (C=O) groups excluding carboxylic acids is 1. The van der Waals surface area contributed by atoms with E-state index >= 15 is 0 Å². The second-order valence-corrected chi connectivity index (χ2v) is 4.86. The number of aryl methyl sites for hydroxylation is 2. The molecule has 0 amide bonds. The van der Waals surface area contributed by atoms with Gasteiger partial charge in [0.2, 0.25) is 0 Å². The predicted octanol–water partition coefficient (Wildman–Crippen LogP) is 3.43. The van der Waals surface area contributed by atoms with Crippen molar-refractivity contribution in [1.82, 2.24) is 0 Å². The van der Waals surface area contributed by atoms with Gasteiger partial charge in [-0.1, -0.05) is 37.3 Å². The van der Waals surface area contributed by atoms with E-state index in [2.05, 4.69) is 18.3 Å². The maximum absolute atomic E-state index is 12.2. The molecule has 0 bridgehead atoms. The minimum Gasteiger partial charge on any atom is -0.398 e. The molecule has 0 spiro atoms. The van der Waals surface area contributed by atoms with Crippen LogP contribution in [0.25, 0.3) is 0 Å². The van der Waals surface area contributed by atoms with Gasteiger partial charge in [0.05, 0.1) is 6.54 Å². The van der Waals surface area contributed by atoms with Gasteiger partial charge in [-0.3, -0.25) is 4.79 Å². The zero-order valence-corrected chi connectivity index (χ0v) is 11.9. The first-order valence-electron chi connectivity index (χ1n) is 6.83. The molecule has 0 saturated carbocycles. The van der Waals surface area contributed by atoms with Crippen molar-refractivity contribution >= 4 is 17.2 Å². The lowest BCUT2D eigenvalue weighted by atomic mass is 10.1. The second kappa shape index (κ2) is 6.24. The number of rotatable bonds is 5. The Morgan fingerprint density at radius 2 is 1.95 bits per heavy atom. The Bertz CT molecular complexity index is 620. The number of hydrogen-bond acceptors (Lipinski definition) is 3. The molecule has 3 N–H and O–H groups in total. The zero-order valence-electron chi connectivity index (χ0n) is 11.9. The summed E-state index contributed by atoms with van der Waals surface area (Å²) in [5, 5.41) is 3.21. The largest absolute Gasteiger partial charge is 0.398 e. The number of anilines is 2. The van der Waals surface area contributed by atoms with Crippen LogP contribution in [0.2, 0.25) is 0 Å². The normalized spacial score (nSPS) is 10.3. The standard InChI is InChI=1S/C17H20N2O/c1-3-13-6-4-5-7-16(13)19-11-17(20)14-9-8-12(2)15(18)10-14/h4-10,19H,3,11,18H2,1-2H3. The molecule has 3 heteroatoms. The highest BCUT2D eigenvalue weighted by Gasteiger charge is 2.08. The predicted molar refractivity (Wildman–Crippen MR) is 84.2 cm³/mol. The molecule has 2 aromatic rings. The van der Waals surface area contributed by atoms with Crippen molar-refractivity contribution in [2.45, 2.75) is 20.3 Å². The van der Waals surface area contributed by atoms with Crippen LogP contribution in [0, 0.1) is 6.92 Å². The van der Waals surface area contributed by atoms with Crippen molar-refractivity contribution in [3.63, 3.8) is 0 Å². The molecule has 0 aliphatic carbocycles. The first kappa shape index (κ1) is 14.1. The Morgan fingerprint density at radius 1 is 1.20 bits per heavy atom. The lowest BCUT2D eigenvalue weighted by molar-refractivity contribution is 0.101. The quantitative estimate of drug-likeness (QED) is 0.645. The SMILES string of the molecule is CCc1ccccc1NCC(=O)c1ccc(C)c(N)c1. The minimum atomic E-state index is 0.0441. The molecule has 2 rings (SSSR count). The molecule has 0 fully saturated rings. The highest BCUT2D eigenvalue weighted by molar-refractivity contribution is 5.99. The van der Waals surface area contributed by atoms with Crippen LogP contribution in [-0.2, 0) is 6.42 Å². The maximum atomic E-state index is 12.2. The first-order valence-corrected chi connectivity index (χ1v) is 6.83. The van der Waals surface area contributed by atoms with E-state index in [1.54, 1.807) is 6.07 Å². The number of nitrogens with one attached hydrogen (secondary N) is 1. The third kappa shape index (κ3) is 3.18. The summed E-state index contributed by atoms with van der Waals surface area (Å²) in [7, 11) is 0. The van der Waals surface area contributed by atoms with E-state index in [0.29, 0.717) is 11.3 Å². The number of nitrogens with two attached hydrogens (primary N) is 1. The number of Topliss-reactive ketones (excluding diaryl/α,β-unsaturated/α-hetero) is 1. The smallest absolute Gasteiger partial charge is 0.181 e. The molecule has 0 atom stereocenters. The molecular weight excluding hydrogens is 248 g/mol. The van der Waals surface area contributed by atoms with Gasteiger partial charge in [0.1, 0.15) is 0 Å². The van der Waals surface area contributed by atoms with Crippen LogP contribution in [0.1, 0.15) is 28.4 Å². The van der Waals surface area contributed by atoms with Crippen molar-refractivity contribution in [3.8, 4) is 0 Å². The van der Waals surface area contributed by atoms with Gasteiger partial charge in [-0.15, -0.1) is 0 Å². The van der Waals surface area contributed by atoms with Gasteiger partial charge in [0, 0.05) is 16.9 Å². The summed E-state index contributed by atoms with van der Waals surface area (Å²) < 4.78 is 0. The molecule has 0 saturated heterocycles. The summed E-state index contributed by atoms with van der Waals surface area (Å²) in [5.74, 6) is 0.0441. The van der Waals surface area contributed by atoms with Crippen molar-refractivity contribution in [2.75, 3.05) is 17.6 Å². The zero-order chi connectivity index (χ0) is 14.5. The highest BCUT2D eigenvalue weighted by atomic mass is 16.1. The van der Waals surface area contributed by atoms with Crippen LogP contribution in [0.15, 0.2) is 42.5 Å². The number of ketones is 1. The Hall–Kier alpha value is -2.29. The van der Waals surface area contributed by atoms with Crippen molar-refractivity contribution < 1.29 is 4.79 Å². The van der Waals surface area contributed by atoms with Gasteiger partial charge >= 0.3 is 0 Å². The fraction of sp³-hybridized carbons (Fsp3) is 0.235. The van der Waals surface area contributed by atoms with Gasteiger partial charge in [-0.05, 0) is 36.6 Å². The molecule has 0 aromatic heterocycles. The van der Waals surface area contributed by atoms with E-state index in [-0.39, 0.29) is 12.3 Å². The summed E-state index contributed by atoms with van der Waals surface area (Å²) in [6, 6.07) is 13.5. The fourth-order valence-corrected chi connectivity index (χ4v) is 2.09. The highest BCUT2D eigenvalue weighted by Crippen LogP contribution is 2.16. The Balaban J connectivity index is 2.06. The van der Waals surface area contributed by atoms with E-state index in [9.17, 15) is 4.79 Å². The molecule has 3 nitrogen and oxygen atoms in total. The summed E-state index contributed by atoms with van der Waals surface area (Å²) in [6.45, 7) is 4.31. The molecule has 0 heterocycles. The summed E-state index contributed by atoms with van der Waals surface area (Å²) in [4.78, 5) is 12.2. The Morgan fingerprint density at radius 3 is 2.65 bits per heavy atom. The third-order valence-corrected chi connectivity index (χ3v) is 3.44. The molecule has 104 valence electrons. The van der Waals surface area contributed by atoms with E-state index < -0.39 is 0 Å². The number of nitrogen functional groups attached to an aromatic ring is 1. The molecule has 0 radical (unpaired) electrons. The number of hydrogen-bond donors (Lipinski definition) is 2. The van der Waals surface area contributed by atoms with E-state index in [1.165, 1.54) is 5.56 Å². The minimum absolute atomic E-state index is 0.0441. The van der Waals surface area contributed by atoms with Crippen LogP contribution in [0.3, 0.4) is 0 Å². The van der Waals surface area contributed by atoms with Crippen molar-refractivity contribution in [2.24, 2.45) is 0 Å². The lowest BCUT2D eigenvalue weighted by Gasteiger charge is -2.10. The van der Waals surface area contributed by atoms with Crippen molar-refractivity contribution in [3.05, 3.63) is 59.2 Å². The van der Waals surface area contributed by atoms with Crippen LogP contribution >= 0.6 is 0 Å². The molecular formula is C17H20N2O. The topological polar surface area (TPSA) is 55.1 Å². The van der Waals surface area contributed by atoms with Gasteiger partial charge in [-0.2, -0.15) is 0 Å². The lowest BCUT2D eigenvalue weighted by Crippen LogP contribution is -2.15. The number of para-hydroxylation sites is 1. The monoisotopic (exact) mass is 268 g/mol. The van der Waals surface area contributed by atoms with Gasteiger partial charge in [0.15, 0.2) is 5.78 Å². The molecule has 20 heavy (non-hydrogen) atoms. The summed E-state index contributed by atoms with van der Waals surface area (Å²) in [6.07, 6.45) is 0.939. The molecule has 0 aliphatic heterocycles. The summed E-state index contributed by atoms with van der Waals surface area (Å²) in [5.41, 5.74) is 10.4. The van der Waals surface area contributed by atoms with Crippen LogP contribution in [-0.4, -0.2) is 12.3 Å². The van der Waals surface area contributed by atoms with Gasteiger partial charge in [-0.25, -0.2) is 0 Å². The Kier molecular flexibility index (Phi) is 4.41. The van der Waals surface area contributed by atoms with Crippen LogP contribution in [0.5, 0.6) is 0 Å². The van der Waals surface area contributed by atoms with Crippen LogP contribution in [0.4, 0.5) is 11.4 Å². The fourth-order valence-electron chi connectivity index (χ4n) is 2.09. The van der Waals surface area contributed by atoms with E-state index in [4.69, 9.17) is 5.73 Å². The first-order chi connectivity index (χ1) is 9.61. The number of benzene rings is 2. The average Bonchev–Trinajstić information content (AvgIpc) is 2.47. The molecule has 0 unspecified atom stereocenters. The Labute approximate surface area is 119 Å². The molecule has 0 aliphatic rings. The number of carbonyl (C=O) groups is 1. The van der Waals surface area contributed by atoms with Gasteiger partial charge < -0.3 is 11.1 Å². The van der Waals surface area contributed by atoms with Crippen molar-refractivity contribution in [1.29, 1.82) is 0 Å². The second-order valence-electron chi connectivity index (χ2n) is 4.86. The molecule has 2 aromatic carbocycles. The van der Waals surface area contributed by atoms with Gasteiger partial charge in [0.25, 0.3) is 0 Å². The third-order valence-electron chi connectivity index (χ3n) is 3.44. The average molecular weight is 268 g/mol. The van der Waals surface area contributed by atoms with E-state index in [1.807, 2.05) is 37.3 Å².